The summed E-state index contributed by atoms with van der Waals surface area (Å²) < 4.78 is 41.5. The van der Waals surface area contributed by atoms with E-state index in [4.69, 9.17) is 23.2 Å². The summed E-state index contributed by atoms with van der Waals surface area (Å²) in [6.45, 7) is 3.21. The standard InChI is InChI=1S/C24H31Cl2FN4O4S/c1-5-6-14-28-24(33)17(2)30(15-20-21(25)8-7-9-22(20)26)23(32)16-31(36(34,35)29(3)4)19-12-10-18(27)11-13-19/h7-13,17H,5-6,14-16H2,1-4H3,(H,28,33). The second-order valence-corrected chi connectivity index (χ2v) is 11.2. The lowest BCUT2D eigenvalue weighted by molar-refractivity contribution is -0.139. The third kappa shape index (κ3) is 7.55. The molecule has 8 nitrogen and oxygen atoms in total. The van der Waals surface area contributed by atoms with E-state index in [1.807, 2.05) is 6.92 Å². The van der Waals surface area contributed by atoms with Crippen LogP contribution in [-0.2, 0) is 26.3 Å². The van der Waals surface area contributed by atoms with Crippen molar-refractivity contribution in [3.8, 4) is 0 Å². The summed E-state index contributed by atoms with van der Waals surface area (Å²) in [5.41, 5.74) is 0.514. The van der Waals surface area contributed by atoms with Gasteiger partial charge in [0.05, 0.1) is 5.69 Å². The monoisotopic (exact) mass is 560 g/mol. The number of unbranched alkanes of at least 4 members (excludes halogenated alkanes) is 1. The van der Waals surface area contributed by atoms with Gasteiger partial charge in [-0.3, -0.25) is 9.59 Å². The normalized spacial score (nSPS) is 12.3. The minimum absolute atomic E-state index is 0.0919. The molecule has 2 amide bonds. The molecule has 1 atom stereocenters. The maximum atomic E-state index is 13.6. The Labute approximate surface area is 222 Å². The molecule has 0 aromatic heterocycles. The first kappa shape index (κ1) is 29.8. The first-order valence-electron chi connectivity index (χ1n) is 11.4. The Morgan fingerprint density at radius 3 is 2.17 bits per heavy atom. The van der Waals surface area contributed by atoms with Gasteiger partial charge in [0, 0.05) is 42.8 Å². The maximum Gasteiger partial charge on any atom is 0.304 e. The molecule has 0 aliphatic heterocycles. The van der Waals surface area contributed by atoms with Gasteiger partial charge in [-0.2, -0.15) is 12.7 Å². The minimum Gasteiger partial charge on any atom is -0.354 e. The first-order valence-corrected chi connectivity index (χ1v) is 13.5. The largest absolute Gasteiger partial charge is 0.354 e. The third-order valence-corrected chi connectivity index (χ3v) is 8.05. The van der Waals surface area contributed by atoms with Crippen LogP contribution in [0.2, 0.25) is 10.0 Å². The number of benzene rings is 2. The molecule has 0 saturated carbocycles. The summed E-state index contributed by atoms with van der Waals surface area (Å²) in [7, 11) is -1.50. The molecule has 0 spiro atoms. The second-order valence-electron chi connectivity index (χ2n) is 8.32. The van der Waals surface area contributed by atoms with Crippen LogP contribution in [-0.4, -0.2) is 62.7 Å². The number of nitrogens with one attached hydrogen (secondary N) is 1. The van der Waals surface area contributed by atoms with Crippen molar-refractivity contribution in [1.82, 2.24) is 14.5 Å². The van der Waals surface area contributed by atoms with Crippen molar-refractivity contribution in [2.24, 2.45) is 0 Å². The Morgan fingerprint density at radius 2 is 1.64 bits per heavy atom. The number of amides is 2. The summed E-state index contributed by atoms with van der Waals surface area (Å²) in [5, 5.41) is 3.40. The molecule has 1 unspecified atom stereocenters. The number of hydrogen-bond acceptors (Lipinski definition) is 4. The lowest BCUT2D eigenvalue weighted by Gasteiger charge is -2.33. The number of carbonyl (C=O) groups is 2. The van der Waals surface area contributed by atoms with Crippen LogP contribution in [0, 0.1) is 5.82 Å². The Kier molecular flexibility index (Phi) is 11.0. The molecule has 0 aliphatic rings. The molecule has 0 bridgehead atoms. The lowest BCUT2D eigenvalue weighted by Crippen LogP contribution is -2.52. The molecule has 1 N–H and O–H groups in total. The molecule has 0 saturated heterocycles. The predicted molar refractivity (Wildman–Crippen MR) is 141 cm³/mol. The highest BCUT2D eigenvalue weighted by atomic mass is 35.5. The van der Waals surface area contributed by atoms with E-state index in [9.17, 15) is 22.4 Å². The summed E-state index contributed by atoms with van der Waals surface area (Å²) in [4.78, 5) is 27.7. The van der Waals surface area contributed by atoms with Gasteiger partial charge in [0.25, 0.3) is 0 Å². The van der Waals surface area contributed by atoms with Crippen molar-refractivity contribution in [1.29, 1.82) is 0 Å². The highest BCUT2D eigenvalue weighted by Crippen LogP contribution is 2.27. The zero-order valence-corrected chi connectivity index (χ0v) is 23.0. The van der Waals surface area contributed by atoms with Crippen LogP contribution < -0.4 is 9.62 Å². The molecule has 36 heavy (non-hydrogen) atoms. The van der Waals surface area contributed by atoms with Gasteiger partial charge in [-0.05, 0) is 49.7 Å². The smallest absolute Gasteiger partial charge is 0.304 e. The quantitative estimate of drug-likeness (QED) is 0.396. The molecule has 0 fully saturated rings. The fraction of sp³-hybridized carbons (Fsp3) is 0.417. The molecule has 0 radical (unpaired) electrons. The highest BCUT2D eigenvalue weighted by molar-refractivity contribution is 7.90. The van der Waals surface area contributed by atoms with Crippen molar-refractivity contribution in [2.75, 3.05) is 31.5 Å². The van der Waals surface area contributed by atoms with Gasteiger partial charge in [0.15, 0.2) is 0 Å². The molecule has 2 rings (SSSR count). The Bertz CT molecular complexity index is 1140. The van der Waals surface area contributed by atoms with E-state index in [0.29, 0.717) is 22.2 Å². The Hall–Kier alpha value is -2.40. The van der Waals surface area contributed by atoms with Gasteiger partial charge in [-0.1, -0.05) is 42.6 Å². The molecular weight excluding hydrogens is 530 g/mol. The van der Waals surface area contributed by atoms with Crippen LogP contribution in [0.4, 0.5) is 10.1 Å². The average Bonchev–Trinajstić information content (AvgIpc) is 2.82. The number of anilines is 1. The SMILES string of the molecule is CCCCNC(=O)C(C)N(Cc1c(Cl)cccc1Cl)C(=O)CN(c1ccc(F)cc1)S(=O)(=O)N(C)C. The van der Waals surface area contributed by atoms with Crippen LogP contribution in [0.3, 0.4) is 0 Å². The van der Waals surface area contributed by atoms with Crippen molar-refractivity contribution < 1.29 is 22.4 Å². The van der Waals surface area contributed by atoms with E-state index in [1.54, 1.807) is 25.1 Å². The number of hydrogen-bond donors (Lipinski definition) is 1. The minimum atomic E-state index is -4.14. The van der Waals surface area contributed by atoms with E-state index in [-0.39, 0.29) is 12.2 Å². The number of halogens is 3. The van der Waals surface area contributed by atoms with Crippen LogP contribution >= 0.6 is 23.2 Å². The van der Waals surface area contributed by atoms with E-state index in [0.717, 1.165) is 33.6 Å². The second kappa shape index (κ2) is 13.2. The number of rotatable bonds is 12. The average molecular weight is 562 g/mol. The zero-order valence-electron chi connectivity index (χ0n) is 20.7. The Balaban J connectivity index is 2.46. The summed E-state index contributed by atoms with van der Waals surface area (Å²) in [5.74, 6) is -1.62. The Morgan fingerprint density at radius 1 is 1.06 bits per heavy atom. The molecule has 198 valence electrons. The van der Waals surface area contributed by atoms with Crippen molar-refractivity contribution in [2.45, 2.75) is 39.3 Å². The molecule has 12 heteroatoms. The van der Waals surface area contributed by atoms with E-state index in [2.05, 4.69) is 5.32 Å². The van der Waals surface area contributed by atoms with Crippen molar-refractivity contribution in [3.05, 3.63) is 63.9 Å². The predicted octanol–water partition coefficient (Wildman–Crippen LogP) is 4.08. The lowest BCUT2D eigenvalue weighted by atomic mass is 10.1. The van der Waals surface area contributed by atoms with Gasteiger partial charge < -0.3 is 10.2 Å². The summed E-state index contributed by atoms with van der Waals surface area (Å²) >= 11 is 12.6. The van der Waals surface area contributed by atoms with Crippen LogP contribution in [0.1, 0.15) is 32.3 Å². The van der Waals surface area contributed by atoms with Crippen molar-refractivity contribution in [3.63, 3.8) is 0 Å². The van der Waals surface area contributed by atoms with Gasteiger partial charge in [0.1, 0.15) is 18.4 Å². The molecule has 0 aliphatic carbocycles. The fourth-order valence-electron chi connectivity index (χ4n) is 3.30. The van der Waals surface area contributed by atoms with Gasteiger partial charge in [-0.25, -0.2) is 8.70 Å². The fourth-order valence-corrected chi connectivity index (χ4v) is 4.87. The molecule has 2 aromatic rings. The maximum absolute atomic E-state index is 13.6. The van der Waals surface area contributed by atoms with Crippen molar-refractivity contribution >= 4 is 50.9 Å². The van der Waals surface area contributed by atoms with Gasteiger partial charge in [0.2, 0.25) is 11.8 Å². The first-order chi connectivity index (χ1) is 16.9. The topological polar surface area (TPSA) is 90.0 Å². The van der Waals surface area contributed by atoms with Gasteiger partial charge >= 0.3 is 10.2 Å². The summed E-state index contributed by atoms with van der Waals surface area (Å²) in [6, 6.07) is 8.64. The molecule has 2 aromatic carbocycles. The summed E-state index contributed by atoms with van der Waals surface area (Å²) in [6.07, 6.45) is 1.64. The zero-order chi connectivity index (χ0) is 27.0. The van der Waals surface area contributed by atoms with Crippen LogP contribution in [0.15, 0.2) is 42.5 Å². The van der Waals surface area contributed by atoms with Crippen LogP contribution in [0.25, 0.3) is 0 Å². The van der Waals surface area contributed by atoms with Crippen LogP contribution in [0.5, 0.6) is 0 Å². The van der Waals surface area contributed by atoms with E-state index < -0.39 is 40.4 Å². The molecular formula is C24H31Cl2FN4O4S. The van der Waals surface area contributed by atoms with Gasteiger partial charge in [-0.15, -0.1) is 0 Å². The number of nitrogens with zero attached hydrogens (tertiary/aromatic N) is 3. The molecule has 0 heterocycles. The number of carbonyl (C=O) groups excluding carboxylic acids is 2. The highest BCUT2D eigenvalue weighted by Gasteiger charge is 2.33. The van der Waals surface area contributed by atoms with E-state index >= 15 is 0 Å². The van der Waals surface area contributed by atoms with E-state index in [1.165, 1.54) is 31.1 Å². The third-order valence-electron chi connectivity index (χ3n) is 5.52.